The Kier molecular flexibility index (Phi) is 4.33. The number of nitrogens with zero attached hydrogens (tertiary/aromatic N) is 2. The van der Waals surface area contributed by atoms with E-state index in [1.807, 2.05) is 29.6 Å². The summed E-state index contributed by atoms with van der Waals surface area (Å²) >= 11 is 1.59. The highest BCUT2D eigenvalue weighted by molar-refractivity contribution is 7.10. The van der Waals surface area contributed by atoms with Crippen molar-refractivity contribution in [2.45, 2.75) is 56.5 Å². The molecule has 4 bridgehead atoms. The number of nitriles is 2. The molecule has 4 atom stereocenters. The van der Waals surface area contributed by atoms with Crippen LogP contribution in [0.5, 0.6) is 0 Å². The fraction of sp³-hybridized carbons (Fsp3) is 0.483. The number of benzene rings is 1. The minimum Gasteiger partial charge on any atom is -0.292 e. The lowest BCUT2D eigenvalue weighted by Gasteiger charge is -2.56. The molecule has 1 aromatic heterocycles. The molecule has 2 aliphatic heterocycles. The number of nitrogens with one attached hydrogen (secondary N) is 1. The molecule has 170 valence electrons. The van der Waals surface area contributed by atoms with Crippen molar-refractivity contribution in [1.29, 1.82) is 10.5 Å². The maximum absolute atomic E-state index is 14.8. The molecule has 0 radical (unpaired) electrons. The highest BCUT2D eigenvalue weighted by Gasteiger charge is 2.71. The van der Waals surface area contributed by atoms with Gasteiger partial charge >= 0.3 is 0 Å². The van der Waals surface area contributed by atoms with Gasteiger partial charge in [-0.1, -0.05) is 30.3 Å². The third kappa shape index (κ3) is 2.58. The summed E-state index contributed by atoms with van der Waals surface area (Å²) in [5.74, 6) is 1.95. The van der Waals surface area contributed by atoms with E-state index in [-0.39, 0.29) is 11.5 Å². The zero-order valence-electron chi connectivity index (χ0n) is 19.1. The predicted molar refractivity (Wildman–Crippen MR) is 129 cm³/mol. The number of fused-ring (bicyclic) bond motifs is 3. The molecule has 1 N–H and O–H groups in total. The molecule has 5 heteroatoms. The normalized spacial score (nSPS) is 40.2. The Morgan fingerprint density at radius 2 is 1.65 bits per heavy atom. The van der Waals surface area contributed by atoms with Gasteiger partial charge in [0.05, 0.1) is 24.3 Å². The third-order valence-electron chi connectivity index (χ3n) is 9.80. The SMILES string of the molecule is N#CC1(C#N)[C@@H]2c3ccccc3C=C[NH+]2[C@@H](C(=O)C23CC4CC(CC(C4)C2)C3)[C@@H]1c1cccs1. The summed E-state index contributed by atoms with van der Waals surface area (Å²) in [6, 6.07) is 16.4. The van der Waals surface area contributed by atoms with Gasteiger partial charge in [0.1, 0.15) is 0 Å². The number of ketones is 1. The van der Waals surface area contributed by atoms with Gasteiger partial charge in [-0.3, -0.25) is 9.69 Å². The summed E-state index contributed by atoms with van der Waals surface area (Å²) in [6.07, 6.45) is 11.1. The van der Waals surface area contributed by atoms with Crippen molar-refractivity contribution in [3.05, 3.63) is 64.0 Å². The van der Waals surface area contributed by atoms with Crippen LogP contribution in [-0.2, 0) is 4.79 Å². The number of Topliss-reactive ketones (excluding diaryl/α,β-unsaturated/α-hetero) is 1. The number of thiophene rings is 1. The summed E-state index contributed by atoms with van der Waals surface area (Å²) in [4.78, 5) is 16.8. The van der Waals surface area contributed by atoms with E-state index in [1.165, 1.54) is 19.3 Å². The molecule has 0 amide bonds. The van der Waals surface area contributed by atoms with Gasteiger partial charge in [-0.25, -0.2) is 0 Å². The molecule has 1 aromatic carbocycles. The van der Waals surface area contributed by atoms with Gasteiger partial charge in [0.15, 0.2) is 17.9 Å². The molecule has 6 aliphatic rings. The summed E-state index contributed by atoms with van der Waals surface area (Å²) in [5, 5.41) is 23.3. The van der Waals surface area contributed by atoms with Crippen LogP contribution in [-0.4, -0.2) is 11.8 Å². The van der Waals surface area contributed by atoms with Crippen molar-refractivity contribution in [2.24, 2.45) is 28.6 Å². The highest BCUT2D eigenvalue weighted by Crippen LogP contribution is 2.62. The number of quaternary nitrogens is 1. The monoisotopic (exact) mass is 466 g/mol. The zero-order valence-corrected chi connectivity index (χ0v) is 19.9. The van der Waals surface area contributed by atoms with Gasteiger partial charge < -0.3 is 0 Å². The van der Waals surface area contributed by atoms with Gasteiger partial charge in [-0.2, -0.15) is 10.5 Å². The second kappa shape index (κ2) is 7.14. The lowest BCUT2D eigenvalue weighted by molar-refractivity contribution is -0.886. The first kappa shape index (κ1) is 20.6. The van der Waals surface area contributed by atoms with Gasteiger partial charge in [0.2, 0.25) is 5.41 Å². The van der Waals surface area contributed by atoms with Gasteiger partial charge in [0, 0.05) is 15.9 Å². The Morgan fingerprint density at radius 1 is 0.971 bits per heavy atom. The number of carbonyl (C=O) groups is 1. The molecule has 1 saturated heterocycles. The number of carbonyl (C=O) groups excluding carboxylic acids is 1. The second-order valence-electron chi connectivity index (χ2n) is 11.5. The van der Waals surface area contributed by atoms with E-state index in [0.29, 0.717) is 23.5 Å². The first-order chi connectivity index (χ1) is 16.6. The van der Waals surface area contributed by atoms with E-state index in [0.717, 1.165) is 40.2 Å². The fourth-order valence-electron chi connectivity index (χ4n) is 9.01. The highest BCUT2D eigenvalue weighted by atomic mass is 32.1. The summed E-state index contributed by atoms with van der Waals surface area (Å²) in [5.41, 5.74) is 0.520. The molecule has 4 nitrogen and oxygen atoms in total. The van der Waals surface area contributed by atoms with Crippen molar-refractivity contribution in [1.82, 2.24) is 0 Å². The van der Waals surface area contributed by atoms with Crippen molar-refractivity contribution in [3.8, 4) is 12.1 Å². The Labute approximate surface area is 204 Å². The average molecular weight is 467 g/mol. The summed E-state index contributed by atoms with van der Waals surface area (Å²) < 4.78 is 0. The number of hydrogen-bond acceptors (Lipinski definition) is 4. The molecule has 8 rings (SSSR count). The van der Waals surface area contributed by atoms with E-state index in [4.69, 9.17) is 0 Å². The van der Waals surface area contributed by atoms with Crippen LogP contribution >= 0.6 is 11.3 Å². The van der Waals surface area contributed by atoms with E-state index >= 15 is 0 Å². The standard InChI is InChI=1S/C29H27N3OS/c30-16-29(17-31)24(23-6-3-9-34-23)25(32-8-7-21-4-1-2-5-22(21)26(29)32)27(33)28-13-18-10-19(14-28)12-20(11-18)15-28/h1-9,18-20,24-26H,10-15H2/p+1/t18?,19?,20?,24-,25+,26-,28?/m0/s1. The number of rotatable bonds is 3. The molecular weight excluding hydrogens is 438 g/mol. The van der Waals surface area contributed by atoms with E-state index < -0.39 is 17.4 Å². The largest absolute Gasteiger partial charge is 0.292 e. The van der Waals surface area contributed by atoms with Crippen LogP contribution in [0.3, 0.4) is 0 Å². The van der Waals surface area contributed by atoms with Crippen LogP contribution in [0.25, 0.3) is 6.08 Å². The lowest BCUT2D eigenvalue weighted by Crippen LogP contribution is -3.12. The maximum Gasteiger partial charge on any atom is 0.213 e. The van der Waals surface area contributed by atoms with Crippen LogP contribution in [0.15, 0.2) is 48.0 Å². The maximum atomic E-state index is 14.8. The third-order valence-corrected chi connectivity index (χ3v) is 10.8. The number of hydrogen-bond donors (Lipinski definition) is 1. The predicted octanol–water partition coefficient (Wildman–Crippen LogP) is 4.64. The summed E-state index contributed by atoms with van der Waals surface area (Å²) in [7, 11) is 0. The van der Waals surface area contributed by atoms with Crippen molar-refractivity contribution in [3.63, 3.8) is 0 Å². The Morgan fingerprint density at radius 3 is 2.26 bits per heavy atom. The molecular formula is C29H28N3OS+. The molecule has 4 aliphatic carbocycles. The smallest absolute Gasteiger partial charge is 0.213 e. The van der Waals surface area contributed by atoms with Crippen LogP contribution in [0.4, 0.5) is 0 Å². The van der Waals surface area contributed by atoms with Gasteiger partial charge in [0.25, 0.3) is 0 Å². The Balaban J connectivity index is 1.42. The molecule has 0 spiro atoms. The molecule has 1 unspecified atom stereocenters. The van der Waals surface area contributed by atoms with Crippen molar-refractivity contribution >= 4 is 23.2 Å². The van der Waals surface area contributed by atoms with Gasteiger partial charge in [-0.15, -0.1) is 11.3 Å². The van der Waals surface area contributed by atoms with E-state index in [9.17, 15) is 15.3 Å². The zero-order chi connectivity index (χ0) is 23.1. The fourth-order valence-corrected chi connectivity index (χ4v) is 9.95. The summed E-state index contributed by atoms with van der Waals surface area (Å²) in [6.45, 7) is 0. The van der Waals surface area contributed by atoms with Crippen LogP contribution in [0.2, 0.25) is 0 Å². The van der Waals surface area contributed by atoms with E-state index in [1.54, 1.807) is 11.3 Å². The van der Waals surface area contributed by atoms with E-state index in [2.05, 4.69) is 36.5 Å². The van der Waals surface area contributed by atoms with Crippen molar-refractivity contribution in [2.75, 3.05) is 0 Å². The average Bonchev–Trinajstić information content (AvgIpc) is 3.47. The Hall–Kier alpha value is -2.73. The molecule has 5 fully saturated rings. The van der Waals surface area contributed by atoms with Crippen LogP contribution in [0.1, 0.15) is 66.5 Å². The minimum absolute atomic E-state index is 0.266. The molecule has 2 aromatic rings. The minimum atomic E-state index is -1.29. The Bertz CT molecular complexity index is 1230. The quantitative estimate of drug-likeness (QED) is 0.716. The lowest BCUT2D eigenvalue weighted by atomic mass is 9.47. The molecule has 3 heterocycles. The first-order valence-electron chi connectivity index (χ1n) is 12.6. The van der Waals surface area contributed by atoms with Crippen LogP contribution in [0, 0.1) is 51.2 Å². The molecule has 4 saturated carbocycles. The topological polar surface area (TPSA) is 69.1 Å². The van der Waals surface area contributed by atoms with Gasteiger partial charge in [-0.05, 0) is 79.4 Å². The van der Waals surface area contributed by atoms with Crippen molar-refractivity contribution < 1.29 is 9.69 Å². The van der Waals surface area contributed by atoms with Crippen LogP contribution < -0.4 is 4.90 Å². The second-order valence-corrected chi connectivity index (χ2v) is 12.5. The first-order valence-corrected chi connectivity index (χ1v) is 13.5. The molecule has 34 heavy (non-hydrogen) atoms.